The highest BCUT2D eigenvalue weighted by atomic mass is 35.5. The maximum Gasteiger partial charge on any atom is 0.325 e. The van der Waals surface area contributed by atoms with Gasteiger partial charge < -0.3 is 10.4 Å². The van der Waals surface area contributed by atoms with Crippen molar-refractivity contribution in [2.45, 2.75) is 13.0 Å². The van der Waals surface area contributed by atoms with Crippen LogP contribution in [0, 0.1) is 10.1 Å². The van der Waals surface area contributed by atoms with Crippen molar-refractivity contribution in [2.24, 2.45) is 0 Å². The van der Waals surface area contributed by atoms with Crippen LogP contribution in [0.15, 0.2) is 18.2 Å². The summed E-state index contributed by atoms with van der Waals surface area (Å²) >= 11 is 5.67. The second kappa shape index (κ2) is 4.80. The number of benzene rings is 1. The molecule has 1 aromatic carbocycles. The SMILES string of the molecule is CC(Nc1cc(Cl)ccc1[N+](=O)[O-])C(=O)O. The molecule has 0 fully saturated rings. The first-order valence-corrected chi connectivity index (χ1v) is 4.73. The van der Waals surface area contributed by atoms with Crippen LogP contribution in [-0.4, -0.2) is 22.0 Å². The van der Waals surface area contributed by atoms with E-state index in [0.29, 0.717) is 5.02 Å². The highest BCUT2D eigenvalue weighted by Crippen LogP contribution is 2.28. The summed E-state index contributed by atoms with van der Waals surface area (Å²) in [6.07, 6.45) is 0. The summed E-state index contributed by atoms with van der Waals surface area (Å²) in [6.45, 7) is 1.38. The van der Waals surface area contributed by atoms with Crippen molar-refractivity contribution in [3.05, 3.63) is 33.3 Å². The lowest BCUT2D eigenvalue weighted by atomic mass is 10.2. The Morgan fingerprint density at radius 1 is 1.62 bits per heavy atom. The molecule has 86 valence electrons. The fourth-order valence-electron chi connectivity index (χ4n) is 1.08. The molecule has 0 saturated heterocycles. The highest BCUT2D eigenvalue weighted by Gasteiger charge is 2.18. The number of nitro benzene ring substituents is 1. The average Bonchev–Trinajstić information content (AvgIpc) is 2.16. The number of hydrogen-bond acceptors (Lipinski definition) is 4. The van der Waals surface area contributed by atoms with Crippen molar-refractivity contribution in [2.75, 3.05) is 5.32 Å². The first-order valence-electron chi connectivity index (χ1n) is 4.35. The molecule has 0 bridgehead atoms. The van der Waals surface area contributed by atoms with Crippen molar-refractivity contribution in [3.63, 3.8) is 0 Å². The molecular weight excluding hydrogens is 236 g/mol. The predicted octanol–water partition coefficient (Wildman–Crippen LogP) is 2.13. The minimum absolute atomic E-state index is 0.0902. The summed E-state index contributed by atoms with van der Waals surface area (Å²) in [6, 6.07) is 2.98. The van der Waals surface area contributed by atoms with Gasteiger partial charge in [-0.3, -0.25) is 14.9 Å². The predicted molar refractivity (Wildman–Crippen MR) is 58.8 cm³/mol. The smallest absolute Gasteiger partial charge is 0.325 e. The standard InChI is InChI=1S/C9H9ClN2O4/c1-5(9(13)14)11-7-4-6(10)2-3-8(7)12(15)16/h2-5,11H,1H3,(H,13,14). The monoisotopic (exact) mass is 244 g/mol. The van der Waals surface area contributed by atoms with Crippen LogP contribution in [0.4, 0.5) is 11.4 Å². The van der Waals surface area contributed by atoms with Crippen molar-refractivity contribution in [3.8, 4) is 0 Å². The first kappa shape index (κ1) is 12.3. The molecule has 16 heavy (non-hydrogen) atoms. The van der Waals surface area contributed by atoms with Crippen molar-refractivity contribution < 1.29 is 14.8 Å². The van der Waals surface area contributed by atoms with Gasteiger partial charge in [0, 0.05) is 11.1 Å². The molecule has 0 saturated carbocycles. The molecule has 0 heterocycles. The van der Waals surface area contributed by atoms with Gasteiger partial charge in [-0.2, -0.15) is 0 Å². The zero-order chi connectivity index (χ0) is 12.3. The number of aliphatic carboxylic acids is 1. The quantitative estimate of drug-likeness (QED) is 0.625. The van der Waals surface area contributed by atoms with E-state index < -0.39 is 16.9 Å². The molecule has 0 aliphatic rings. The van der Waals surface area contributed by atoms with Gasteiger partial charge in [-0.25, -0.2) is 0 Å². The summed E-state index contributed by atoms with van der Waals surface area (Å²) in [5.74, 6) is -1.10. The Kier molecular flexibility index (Phi) is 3.68. The van der Waals surface area contributed by atoms with Crippen LogP contribution < -0.4 is 5.32 Å². The van der Waals surface area contributed by atoms with E-state index in [-0.39, 0.29) is 11.4 Å². The Labute approximate surface area is 96.0 Å². The van der Waals surface area contributed by atoms with Crippen molar-refractivity contribution in [1.29, 1.82) is 0 Å². The van der Waals surface area contributed by atoms with Crippen LogP contribution in [0.3, 0.4) is 0 Å². The number of anilines is 1. The number of nitro groups is 1. The Hall–Kier alpha value is -1.82. The molecule has 0 aliphatic carbocycles. The Morgan fingerprint density at radius 3 is 2.75 bits per heavy atom. The average molecular weight is 245 g/mol. The van der Waals surface area contributed by atoms with Crippen LogP contribution in [-0.2, 0) is 4.79 Å². The van der Waals surface area contributed by atoms with Crippen molar-refractivity contribution in [1.82, 2.24) is 0 Å². The topological polar surface area (TPSA) is 92.5 Å². The molecule has 6 nitrogen and oxygen atoms in total. The van der Waals surface area contributed by atoms with E-state index in [1.807, 2.05) is 0 Å². The van der Waals surface area contributed by atoms with Gasteiger partial charge in [0.15, 0.2) is 0 Å². The van der Waals surface area contributed by atoms with E-state index in [4.69, 9.17) is 16.7 Å². The van der Waals surface area contributed by atoms with Gasteiger partial charge in [0.05, 0.1) is 4.92 Å². The molecule has 2 N–H and O–H groups in total. The second-order valence-electron chi connectivity index (χ2n) is 3.12. The molecule has 0 amide bonds. The summed E-state index contributed by atoms with van der Waals surface area (Å²) in [4.78, 5) is 20.7. The van der Waals surface area contributed by atoms with E-state index in [1.54, 1.807) is 0 Å². The fraction of sp³-hybridized carbons (Fsp3) is 0.222. The molecule has 0 radical (unpaired) electrons. The minimum Gasteiger partial charge on any atom is -0.480 e. The van der Waals surface area contributed by atoms with E-state index in [1.165, 1.54) is 25.1 Å². The number of halogens is 1. The Bertz CT molecular complexity index is 436. The molecule has 0 aromatic heterocycles. The van der Waals surface area contributed by atoms with Gasteiger partial charge in [-0.05, 0) is 19.1 Å². The van der Waals surface area contributed by atoms with Crippen LogP contribution in [0.2, 0.25) is 5.02 Å². The second-order valence-corrected chi connectivity index (χ2v) is 3.56. The Morgan fingerprint density at radius 2 is 2.25 bits per heavy atom. The van der Waals surface area contributed by atoms with Gasteiger partial charge in [0.1, 0.15) is 11.7 Å². The molecule has 1 atom stereocenters. The molecule has 1 aromatic rings. The summed E-state index contributed by atoms with van der Waals surface area (Å²) in [5.41, 5.74) is -0.120. The maximum absolute atomic E-state index is 10.7. The van der Waals surface area contributed by atoms with E-state index in [9.17, 15) is 14.9 Å². The Balaban J connectivity index is 3.05. The number of nitrogens with zero attached hydrogens (tertiary/aromatic N) is 1. The molecule has 7 heteroatoms. The highest BCUT2D eigenvalue weighted by molar-refractivity contribution is 6.31. The zero-order valence-electron chi connectivity index (χ0n) is 8.31. The normalized spacial score (nSPS) is 11.9. The van der Waals surface area contributed by atoms with Crippen LogP contribution in [0.1, 0.15) is 6.92 Å². The van der Waals surface area contributed by atoms with Gasteiger partial charge in [0.2, 0.25) is 0 Å². The lowest BCUT2D eigenvalue weighted by molar-refractivity contribution is -0.384. The van der Waals surface area contributed by atoms with E-state index >= 15 is 0 Å². The number of hydrogen-bond donors (Lipinski definition) is 2. The van der Waals surface area contributed by atoms with Gasteiger partial charge in [0.25, 0.3) is 5.69 Å². The largest absolute Gasteiger partial charge is 0.480 e. The summed E-state index contributed by atoms with van der Waals surface area (Å²) in [7, 11) is 0. The first-order chi connectivity index (χ1) is 7.41. The van der Waals surface area contributed by atoms with Crippen LogP contribution >= 0.6 is 11.6 Å². The zero-order valence-corrected chi connectivity index (χ0v) is 9.06. The number of carboxylic acid groups (broad SMARTS) is 1. The van der Waals surface area contributed by atoms with Gasteiger partial charge in [-0.1, -0.05) is 11.6 Å². The molecule has 0 aliphatic heterocycles. The lowest BCUT2D eigenvalue weighted by Crippen LogP contribution is -2.25. The van der Waals surface area contributed by atoms with E-state index in [0.717, 1.165) is 0 Å². The van der Waals surface area contributed by atoms with Crippen LogP contribution in [0.25, 0.3) is 0 Å². The van der Waals surface area contributed by atoms with Crippen LogP contribution in [0.5, 0.6) is 0 Å². The van der Waals surface area contributed by atoms with Crippen molar-refractivity contribution >= 4 is 28.9 Å². The molecule has 1 unspecified atom stereocenters. The molecule has 1 rings (SSSR count). The number of carboxylic acids is 1. The van der Waals surface area contributed by atoms with Gasteiger partial charge >= 0.3 is 5.97 Å². The third kappa shape index (κ3) is 2.83. The third-order valence-electron chi connectivity index (χ3n) is 1.90. The van der Waals surface area contributed by atoms with E-state index in [2.05, 4.69) is 5.32 Å². The molecule has 0 spiro atoms. The summed E-state index contributed by atoms with van der Waals surface area (Å²) < 4.78 is 0. The number of carbonyl (C=O) groups is 1. The fourth-order valence-corrected chi connectivity index (χ4v) is 1.25. The summed E-state index contributed by atoms with van der Waals surface area (Å²) in [5, 5.41) is 22.1. The third-order valence-corrected chi connectivity index (χ3v) is 2.13. The lowest BCUT2D eigenvalue weighted by Gasteiger charge is -2.10. The maximum atomic E-state index is 10.7. The minimum atomic E-state index is -1.10. The number of rotatable bonds is 4. The van der Waals surface area contributed by atoms with Gasteiger partial charge in [-0.15, -0.1) is 0 Å². The number of nitrogens with one attached hydrogen (secondary N) is 1. The molecular formula is C9H9ClN2O4.